The first-order valence-electron chi connectivity index (χ1n) is 3.86. The fourth-order valence-corrected chi connectivity index (χ4v) is 0.785. The number of amides is 1. The van der Waals surface area contributed by atoms with Crippen molar-refractivity contribution < 1.29 is 9.90 Å². The van der Waals surface area contributed by atoms with Crippen LogP contribution in [0.2, 0.25) is 0 Å². The molecule has 0 unspecified atom stereocenters. The average molecular weight is 169 g/mol. The summed E-state index contributed by atoms with van der Waals surface area (Å²) >= 11 is 0. The molecule has 0 aromatic carbocycles. The maximum Gasteiger partial charge on any atom is 0.404 e. The minimum Gasteiger partial charge on any atom is -0.465 e. The molecule has 0 aliphatic rings. The van der Waals surface area contributed by atoms with Crippen molar-refractivity contribution in [2.45, 2.75) is 13.8 Å². The predicted octanol–water partition coefficient (Wildman–Crippen LogP) is 2.02. The average Bonchev–Trinajstić information content (AvgIpc) is 1.96. The molecule has 0 rings (SSSR count). The highest BCUT2D eigenvalue weighted by Crippen LogP contribution is 2.07. The summed E-state index contributed by atoms with van der Waals surface area (Å²) in [4.78, 5) is 10.2. The quantitative estimate of drug-likeness (QED) is 0.632. The molecule has 0 spiro atoms. The van der Waals surface area contributed by atoms with Crippen LogP contribution in [0.3, 0.4) is 0 Å². The Morgan fingerprint density at radius 1 is 1.67 bits per heavy atom. The van der Waals surface area contributed by atoms with Gasteiger partial charge in [0.15, 0.2) is 0 Å². The highest BCUT2D eigenvalue weighted by molar-refractivity contribution is 5.64. The van der Waals surface area contributed by atoms with Gasteiger partial charge in [-0.3, -0.25) is 0 Å². The van der Waals surface area contributed by atoms with Gasteiger partial charge in [-0.2, -0.15) is 0 Å². The Bertz CT molecular complexity index is 195. The van der Waals surface area contributed by atoms with Crippen LogP contribution in [0.1, 0.15) is 13.8 Å². The van der Waals surface area contributed by atoms with E-state index >= 15 is 0 Å². The van der Waals surface area contributed by atoms with Crippen molar-refractivity contribution in [3.8, 4) is 0 Å². The number of allylic oxidation sites excluding steroid dienone is 2. The lowest BCUT2D eigenvalue weighted by Crippen LogP contribution is -2.24. The summed E-state index contributed by atoms with van der Waals surface area (Å²) in [5.41, 5.74) is 1.03. The number of rotatable bonds is 4. The van der Waals surface area contributed by atoms with Gasteiger partial charge in [0.1, 0.15) is 0 Å². The minimum absolute atomic E-state index is 0.342. The molecular formula is C9H15NO2. The second kappa shape index (κ2) is 5.41. The molecule has 0 saturated heterocycles. The standard InChI is InChI=1S/C9H15NO2/c1-4-5-8(7(2)3)6-10-9(11)12/h4-5,7,10H,1,6H2,2-3H3,(H,11,12)/b8-5-. The van der Waals surface area contributed by atoms with Crippen LogP contribution in [0.5, 0.6) is 0 Å². The van der Waals surface area contributed by atoms with Gasteiger partial charge in [0.05, 0.1) is 0 Å². The van der Waals surface area contributed by atoms with E-state index < -0.39 is 6.09 Å². The third-order valence-electron chi connectivity index (χ3n) is 1.52. The van der Waals surface area contributed by atoms with Crippen LogP contribution in [0.15, 0.2) is 24.3 Å². The Balaban J connectivity index is 4.05. The molecule has 0 heterocycles. The predicted molar refractivity (Wildman–Crippen MR) is 49.1 cm³/mol. The molecule has 0 aromatic rings. The molecule has 12 heavy (non-hydrogen) atoms. The Hall–Kier alpha value is -1.25. The maximum atomic E-state index is 10.2. The van der Waals surface area contributed by atoms with E-state index in [1.165, 1.54) is 0 Å². The maximum absolute atomic E-state index is 10.2. The van der Waals surface area contributed by atoms with E-state index in [2.05, 4.69) is 11.9 Å². The number of hydrogen-bond acceptors (Lipinski definition) is 1. The lowest BCUT2D eigenvalue weighted by molar-refractivity contribution is 0.195. The van der Waals surface area contributed by atoms with Crippen LogP contribution in [0, 0.1) is 5.92 Å². The summed E-state index contributed by atoms with van der Waals surface area (Å²) in [6, 6.07) is 0. The normalized spacial score (nSPS) is 11.4. The summed E-state index contributed by atoms with van der Waals surface area (Å²) in [7, 11) is 0. The molecule has 0 aromatic heterocycles. The Morgan fingerprint density at radius 2 is 2.25 bits per heavy atom. The van der Waals surface area contributed by atoms with E-state index in [4.69, 9.17) is 5.11 Å². The van der Waals surface area contributed by atoms with E-state index in [-0.39, 0.29) is 0 Å². The van der Waals surface area contributed by atoms with Crippen molar-refractivity contribution in [1.82, 2.24) is 5.32 Å². The smallest absolute Gasteiger partial charge is 0.404 e. The summed E-state index contributed by atoms with van der Waals surface area (Å²) < 4.78 is 0. The molecule has 1 amide bonds. The van der Waals surface area contributed by atoms with Gasteiger partial charge in [0.25, 0.3) is 0 Å². The van der Waals surface area contributed by atoms with Crippen LogP contribution < -0.4 is 5.32 Å². The van der Waals surface area contributed by atoms with Gasteiger partial charge in [-0.05, 0) is 11.5 Å². The summed E-state index contributed by atoms with van der Waals surface area (Å²) in [5, 5.41) is 10.7. The van der Waals surface area contributed by atoms with E-state index in [1.807, 2.05) is 19.9 Å². The lowest BCUT2D eigenvalue weighted by atomic mass is 10.0. The van der Waals surface area contributed by atoms with Gasteiger partial charge in [0, 0.05) is 6.54 Å². The second-order valence-electron chi connectivity index (χ2n) is 2.79. The van der Waals surface area contributed by atoms with Gasteiger partial charge >= 0.3 is 6.09 Å². The van der Waals surface area contributed by atoms with Crippen molar-refractivity contribution in [3.63, 3.8) is 0 Å². The lowest BCUT2D eigenvalue weighted by Gasteiger charge is -2.09. The third kappa shape index (κ3) is 4.55. The molecule has 0 aliphatic heterocycles. The van der Waals surface area contributed by atoms with Crippen LogP contribution in [-0.2, 0) is 0 Å². The van der Waals surface area contributed by atoms with Gasteiger partial charge in [0.2, 0.25) is 0 Å². The Morgan fingerprint density at radius 3 is 2.58 bits per heavy atom. The first-order valence-corrected chi connectivity index (χ1v) is 3.86. The Kier molecular flexibility index (Phi) is 4.84. The number of nitrogens with one attached hydrogen (secondary N) is 1. The third-order valence-corrected chi connectivity index (χ3v) is 1.52. The van der Waals surface area contributed by atoms with E-state index in [1.54, 1.807) is 6.08 Å². The summed E-state index contributed by atoms with van der Waals surface area (Å²) in [5.74, 6) is 0.342. The van der Waals surface area contributed by atoms with Crippen LogP contribution >= 0.6 is 0 Å². The molecule has 0 aliphatic carbocycles. The molecule has 68 valence electrons. The Labute approximate surface area is 72.8 Å². The number of carboxylic acid groups (broad SMARTS) is 1. The molecule has 0 atom stereocenters. The fraction of sp³-hybridized carbons (Fsp3) is 0.444. The molecule has 3 heteroatoms. The van der Waals surface area contributed by atoms with Crippen molar-refractivity contribution in [3.05, 3.63) is 24.3 Å². The zero-order chi connectivity index (χ0) is 9.56. The number of carbonyl (C=O) groups is 1. The molecule has 0 saturated carbocycles. The van der Waals surface area contributed by atoms with Crippen molar-refractivity contribution in [2.24, 2.45) is 5.92 Å². The number of hydrogen-bond donors (Lipinski definition) is 2. The molecule has 0 radical (unpaired) electrons. The van der Waals surface area contributed by atoms with Crippen molar-refractivity contribution in [2.75, 3.05) is 6.54 Å². The highest BCUT2D eigenvalue weighted by atomic mass is 16.4. The zero-order valence-electron chi connectivity index (χ0n) is 7.50. The largest absolute Gasteiger partial charge is 0.465 e. The molecule has 0 fully saturated rings. The van der Waals surface area contributed by atoms with Gasteiger partial charge in [-0.25, -0.2) is 4.79 Å². The minimum atomic E-state index is -0.995. The van der Waals surface area contributed by atoms with Crippen LogP contribution in [0.25, 0.3) is 0 Å². The monoisotopic (exact) mass is 169 g/mol. The van der Waals surface area contributed by atoms with Gasteiger partial charge in [-0.15, -0.1) is 0 Å². The van der Waals surface area contributed by atoms with E-state index in [9.17, 15) is 4.79 Å². The van der Waals surface area contributed by atoms with Crippen molar-refractivity contribution in [1.29, 1.82) is 0 Å². The van der Waals surface area contributed by atoms with E-state index in [0.29, 0.717) is 12.5 Å². The SMILES string of the molecule is C=C/C=C(/CNC(=O)O)C(C)C. The molecular weight excluding hydrogens is 154 g/mol. The molecule has 0 bridgehead atoms. The van der Waals surface area contributed by atoms with Crippen molar-refractivity contribution >= 4 is 6.09 Å². The van der Waals surface area contributed by atoms with Crippen LogP contribution in [-0.4, -0.2) is 17.7 Å². The first kappa shape index (κ1) is 10.8. The topological polar surface area (TPSA) is 49.3 Å². The first-order chi connectivity index (χ1) is 5.57. The van der Waals surface area contributed by atoms with E-state index in [0.717, 1.165) is 5.57 Å². The van der Waals surface area contributed by atoms with Gasteiger partial charge in [-0.1, -0.05) is 32.6 Å². The molecule has 3 nitrogen and oxygen atoms in total. The summed E-state index contributed by atoms with van der Waals surface area (Å²) in [6.45, 7) is 7.96. The molecule has 2 N–H and O–H groups in total. The highest BCUT2D eigenvalue weighted by Gasteiger charge is 2.03. The van der Waals surface area contributed by atoms with Crippen LogP contribution in [0.4, 0.5) is 4.79 Å². The fourth-order valence-electron chi connectivity index (χ4n) is 0.785. The second-order valence-corrected chi connectivity index (χ2v) is 2.79. The van der Waals surface area contributed by atoms with Gasteiger partial charge < -0.3 is 10.4 Å². The zero-order valence-corrected chi connectivity index (χ0v) is 7.50. The summed E-state index contributed by atoms with van der Waals surface area (Å²) in [6.07, 6.45) is 2.50.